The number of aromatic nitrogens is 1. The highest BCUT2D eigenvalue weighted by atomic mass is 79.9. The Morgan fingerprint density at radius 3 is 1.62 bits per heavy atom. The van der Waals surface area contributed by atoms with Gasteiger partial charge in [-0.2, -0.15) is 0 Å². The molecule has 0 aliphatic rings. The van der Waals surface area contributed by atoms with Gasteiger partial charge < -0.3 is 17.0 Å². The lowest BCUT2D eigenvalue weighted by atomic mass is 10.1. The van der Waals surface area contributed by atoms with E-state index in [4.69, 9.17) is 0 Å². The summed E-state index contributed by atoms with van der Waals surface area (Å²) in [6.45, 7) is 5.61. The zero-order chi connectivity index (χ0) is 14.5. The van der Waals surface area contributed by atoms with E-state index >= 15 is 0 Å². The van der Waals surface area contributed by atoms with Crippen molar-refractivity contribution in [1.29, 1.82) is 0 Å². The maximum atomic E-state index is 2.31. The van der Waals surface area contributed by atoms with Crippen LogP contribution < -0.4 is 21.5 Å². The molecule has 122 valence electrons. The molecule has 1 heterocycles. The van der Waals surface area contributed by atoms with Crippen molar-refractivity contribution in [2.24, 2.45) is 0 Å². The van der Waals surface area contributed by atoms with Gasteiger partial charge in [-0.1, -0.05) is 64.7 Å². The van der Waals surface area contributed by atoms with Gasteiger partial charge in [0.2, 0.25) is 0 Å². The molecule has 0 N–H and O–H groups in total. The van der Waals surface area contributed by atoms with E-state index in [0.29, 0.717) is 0 Å². The Morgan fingerprint density at radius 1 is 0.714 bits per heavy atom. The Hall–Kier alpha value is -0.370. The molecule has 1 aromatic rings. The number of hydrogen-bond acceptors (Lipinski definition) is 0. The highest BCUT2D eigenvalue weighted by Gasteiger charge is 1.99. The SMILES string of the molecule is CCCCCCCCCCCCC[n+]1ccc(C)cc1.[Br-]. The second-order valence-electron chi connectivity index (χ2n) is 6.15. The summed E-state index contributed by atoms with van der Waals surface area (Å²) < 4.78 is 2.31. The van der Waals surface area contributed by atoms with Gasteiger partial charge in [-0.05, 0) is 18.9 Å². The van der Waals surface area contributed by atoms with Crippen LogP contribution in [0.3, 0.4) is 0 Å². The smallest absolute Gasteiger partial charge is 0.169 e. The molecule has 2 heteroatoms. The van der Waals surface area contributed by atoms with E-state index < -0.39 is 0 Å². The van der Waals surface area contributed by atoms with Crippen molar-refractivity contribution in [3.05, 3.63) is 30.1 Å². The molecule has 0 aromatic carbocycles. The second kappa shape index (κ2) is 14.6. The first-order valence-corrected chi connectivity index (χ1v) is 8.78. The fraction of sp³-hybridized carbons (Fsp3) is 0.737. The van der Waals surface area contributed by atoms with E-state index in [2.05, 4.69) is 42.9 Å². The van der Waals surface area contributed by atoms with Crippen LogP contribution >= 0.6 is 0 Å². The number of pyridine rings is 1. The highest BCUT2D eigenvalue weighted by molar-refractivity contribution is 5.03. The van der Waals surface area contributed by atoms with Crippen molar-refractivity contribution in [2.75, 3.05) is 0 Å². The summed E-state index contributed by atoms with van der Waals surface area (Å²) in [5.41, 5.74) is 1.35. The van der Waals surface area contributed by atoms with E-state index in [1.165, 1.54) is 82.7 Å². The van der Waals surface area contributed by atoms with Crippen LogP contribution in [0.5, 0.6) is 0 Å². The van der Waals surface area contributed by atoms with Gasteiger partial charge in [0.15, 0.2) is 12.4 Å². The molecule has 0 radical (unpaired) electrons. The van der Waals surface area contributed by atoms with Gasteiger partial charge in [0.25, 0.3) is 0 Å². The van der Waals surface area contributed by atoms with Crippen LogP contribution in [0.15, 0.2) is 24.5 Å². The third-order valence-electron chi connectivity index (χ3n) is 4.08. The van der Waals surface area contributed by atoms with Gasteiger partial charge in [0.1, 0.15) is 6.54 Å². The Kier molecular flexibility index (Phi) is 14.3. The van der Waals surface area contributed by atoms with Gasteiger partial charge in [0.05, 0.1) is 0 Å². The average Bonchev–Trinajstić information content (AvgIpc) is 2.47. The molecule has 0 unspecified atom stereocenters. The van der Waals surface area contributed by atoms with E-state index in [-0.39, 0.29) is 17.0 Å². The number of hydrogen-bond donors (Lipinski definition) is 0. The quantitative estimate of drug-likeness (QED) is 0.400. The first kappa shape index (κ1) is 20.6. The van der Waals surface area contributed by atoms with E-state index in [0.717, 1.165) is 0 Å². The minimum absolute atomic E-state index is 0. The molecule has 0 aliphatic carbocycles. The standard InChI is InChI=1S/C19H34N.BrH/c1-3-4-5-6-7-8-9-10-11-12-13-16-20-17-14-19(2)15-18-20;/h14-15,17-18H,3-13,16H2,1-2H3;1H/q+1;/p-1. The lowest BCUT2D eigenvalue weighted by molar-refractivity contribution is -0.697. The van der Waals surface area contributed by atoms with Crippen LogP contribution in [-0.2, 0) is 6.54 Å². The first-order valence-electron chi connectivity index (χ1n) is 8.78. The minimum Gasteiger partial charge on any atom is -1.00 e. The molecular formula is C19H34BrN. The Balaban J connectivity index is 0.00000400. The van der Waals surface area contributed by atoms with Gasteiger partial charge in [-0.3, -0.25) is 0 Å². The van der Waals surface area contributed by atoms with Crippen LogP contribution in [0, 0.1) is 6.92 Å². The third kappa shape index (κ3) is 11.9. The second-order valence-corrected chi connectivity index (χ2v) is 6.15. The molecule has 0 bridgehead atoms. The first-order chi connectivity index (χ1) is 9.83. The Bertz CT molecular complexity index is 321. The number of nitrogens with zero attached hydrogens (tertiary/aromatic N) is 1. The van der Waals surface area contributed by atoms with Crippen molar-refractivity contribution < 1.29 is 21.5 Å². The minimum atomic E-state index is 0. The predicted octanol–water partition coefficient (Wildman–Crippen LogP) is 2.60. The topological polar surface area (TPSA) is 3.88 Å². The van der Waals surface area contributed by atoms with Crippen molar-refractivity contribution in [2.45, 2.75) is 91.0 Å². The highest BCUT2D eigenvalue weighted by Crippen LogP contribution is 2.11. The summed E-state index contributed by atoms with van der Waals surface area (Å²) in [4.78, 5) is 0. The van der Waals surface area contributed by atoms with Gasteiger partial charge >= 0.3 is 0 Å². The van der Waals surface area contributed by atoms with Crippen LogP contribution in [0.2, 0.25) is 0 Å². The van der Waals surface area contributed by atoms with Crippen molar-refractivity contribution in [3.63, 3.8) is 0 Å². The fourth-order valence-electron chi connectivity index (χ4n) is 2.64. The monoisotopic (exact) mass is 355 g/mol. The van der Waals surface area contributed by atoms with E-state index in [1.54, 1.807) is 0 Å². The Labute approximate surface area is 142 Å². The van der Waals surface area contributed by atoms with Crippen molar-refractivity contribution in [1.82, 2.24) is 0 Å². The van der Waals surface area contributed by atoms with Crippen molar-refractivity contribution >= 4 is 0 Å². The molecule has 1 nitrogen and oxygen atoms in total. The van der Waals surface area contributed by atoms with Crippen LogP contribution in [0.1, 0.15) is 83.1 Å². The van der Waals surface area contributed by atoms with Gasteiger partial charge in [-0.25, -0.2) is 4.57 Å². The summed E-state index contributed by atoms with van der Waals surface area (Å²) in [6.07, 6.45) is 20.0. The zero-order valence-electron chi connectivity index (χ0n) is 14.1. The molecule has 21 heavy (non-hydrogen) atoms. The average molecular weight is 356 g/mol. The molecule has 0 atom stereocenters. The fourth-order valence-corrected chi connectivity index (χ4v) is 2.64. The van der Waals surface area contributed by atoms with Crippen LogP contribution in [0.25, 0.3) is 0 Å². The Morgan fingerprint density at radius 2 is 1.14 bits per heavy atom. The van der Waals surface area contributed by atoms with E-state index in [9.17, 15) is 0 Å². The number of aryl methyl sites for hydroxylation is 2. The molecule has 0 fully saturated rings. The molecule has 1 aromatic heterocycles. The maximum absolute atomic E-state index is 2.31. The lowest BCUT2D eigenvalue weighted by Gasteiger charge is -2.02. The zero-order valence-corrected chi connectivity index (χ0v) is 15.7. The van der Waals surface area contributed by atoms with Gasteiger partial charge in [0, 0.05) is 18.6 Å². The largest absolute Gasteiger partial charge is 1.00 e. The van der Waals surface area contributed by atoms with Gasteiger partial charge in [-0.15, -0.1) is 0 Å². The van der Waals surface area contributed by atoms with Crippen LogP contribution in [-0.4, -0.2) is 0 Å². The van der Waals surface area contributed by atoms with E-state index in [1.807, 2.05) is 0 Å². The molecule has 0 saturated carbocycles. The predicted molar refractivity (Wildman–Crippen MR) is 87.8 cm³/mol. The third-order valence-corrected chi connectivity index (χ3v) is 4.08. The molecule has 1 rings (SSSR count). The normalized spacial score (nSPS) is 10.4. The molecular weight excluding hydrogens is 322 g/mol. The van der Waals surface area contributed by atoms with Crippen LogP contribution in [0.4, 0.5) is 0 Å². The summed E-state index contributed by atoms with van der Waals surface area (Å²) in [6, 6.07) is 4.39. The molecule has 0 spiro atoms. The number of unbranched alkanes of at least 4 members (excludes halogenated alkanes) is 10. The number of halogens is 1. The number of rotatable bonds is 12. The summed E-state index contributed by atoms with van der Waals surface area (Å²) in [5.74, 6) is 0. The molecule has 0 saturated heterocycles. The molecule has 0 aliphatic heterocycles. The maximum Gasteiger partial charge on any atom is 0.169 e. The lowest BCUT2D eigenvalue weighted by Crippen LogP contribution is -3.00. The molecule has 0 amide bonds. The van der Waals surface area contributed by atoms with Crippen molar-refractivity contribution in [3.8, 4) is 0 Å². The summed E-state index contributed by atoms with van der Waals surface area (Å²) >= 11 is 0. The summed E-state index contributed by atoms with van der Waals surface area (Å²) in [5, 5.41) is 0. The summed E-state index contributed by atoms with van der Waals surface area (Å²) in [7, 11) is 0.